The topological polar surface area (TPSA) is 130 Å². The summed E-state index contributed by atoms with van der Waals surface area (Å²) in [5.74, 6) is 0.319. The summed E-state index contributed by atoms with van der Waals surface area (Å²) in [5.41, 5.74) is 3.18. The second kappa shape index (κ2) is 13.4. The third-order valence-corrected chi connectivity index (χ3v) is 7.84. The van der Waals surface area contributed by atoms with Crippen LogP contribution in [0.2, 0.25) is 0 Å². The van der Waals surface area contributed by atoms with Crippen molar-refractivity contribution in [3.8, 4) is 23.0 Å². The molecule has 224 valence electrons. The van der Waals surface area contributed by atoms with Gasteiger partial charge in [-0.2, -0.15) is 0 Å². The number of benzene rings is 2. The Morgan fingerprint density at radius 2 is 1.34 bits per heavy atom. The maximum absolute atomic E-state index is 12.7. The summed E-state index contributed by atoms with van der Waals surface area (Å²) in [6.45, 7) is 6.16. The minimum absolute atomic E-state index is 0.0814. The maximum Gasteiger partial charge on any atom is 0.306 e. The van der Waals surface area contributed by atoms with Crippen LogP contribution in [0, 0.1) is 6.92 Å². The molecule has 2 saturated heterocycles. The van der Waals surface area contributed by atoms with E-state index in [1.54, 1.807) is 19.1 Å². The Morgan fingerprint density at radius 3 is 1.83 bits per heavy atom. The number of aromatic hydroxyl groups is 2. The highest BCUT2D eigenvalue weighted by molar-refractivity contribution is 5.71. The molecule has 2 aliphatic heterocycles. The van der Waals surface area contributed by atoms with Gasteiger partial charge >= 0.3 is 11.9 Å². The van der Waals surface area contributed by atoms with Crippen LogP contribution in [0.1, 0.15) is 61.3 Å². The van der Waals surface area contributed by atoms with Crippen molar-refractivity contribution >= 4 is 11.9 Å². The number of hydrogen-bond acceptors (Lipinski definition) is 10. The van der Waals surface area contributed by atoms with Crippen molar-refractivity contribution in [1.29, 1.82) is 0 Å². The first-order chi connectivity index (χ1) is 19.6. The standard InChI is InChI=1S/C31H40O10/c1-6-17(2)21-12-20(14-23(37-5)29(21)35)8-10-27(33)41-25-16-39-30-24(15-38-31(25)30)40-26(32)9-7-19-11-18(3)28(34)22(13-19)36-4/h11-14,17,24-25,30-31,34-35H,6-10,15-16H2,1-5H3/t17-,24-,25+,30-,31-/m1/s1. The number of fused-ring (bicyclic) bond motifs is 1. The normalized spacial score (nSPS) is 22.2. The van der Waals surface area contributed by atoms with Gasteiger partial charge in [0, 0.05) is 18.4 Å². The molecule has 2 N–H and O–H groups in total. The molecule has 0 aliphatic carbocycles. The highest BCUT2D eigenvalue weighted by Crippen LogP contribution is 2.38. The summed E-state index contributed by atoms with van der Waals surface area (Å²) in [6.07, 6.45) is -0.208. The molecule has 10 nitrogen and oxygen atoms in total. The largest absolute Gasteiger partial charge is 0.504 e. The van der Waals surface area contributed by atoms with Gasteiger partial charge in [-0.3, -0.25) is 9.59 Å². The highest BCUT2D eigenvalue weighted by atomic mass is 16.7. The summed E-state index contributed by atoms with van der Waals surface area (Å²) in [4.78, 5) is 25.3. The first kappa shape index (κ1) is 30.5. The molecule has 5 atom stereocenters. The van der Waals surface area contributed by atoms with Gasteiger partial charge in [0.05, 0.1) is 27.4 Å². The van der Waals surface area contributed by atoms with Crippen LogP contribution >= 0.6 is 0 Å². The van der Waals surface area contributed by atoms with Gasteiger partial charge in [-0.15, -0.1) is 0 Å². The lowest BCUT2D eigenvalue weighted by Gasteiger charge is -2.18. The minimum Gasteiger partial charge on any atom is -0.504 e. The lowest BCUT2D eigenvalue weighted by molar-refractivity contribution is -0.155. The van der Waals surface area contributed by atoms with E-state index in [9.17, 15) is 19.8 Å². The number of carbonyl (C=O) groups excluding carboxylic acids is 2. The Kier molecular flexibility index (Phi) is 9.99. The summed E-state index contributed by atoms with van der Waals surface area (Å²) in [5, 5.41) is 20.5. The smallest absolute Gasteiger partial charge is 0.306 e. The first-order valence-corrected chi connectivity index (χ1v) is 14.0. The number of esters is 2. The van der Waals surface area contributed by atoms with E-state index in [0.717, 1.165) is 23.1 Å². The minimum atomic E-state index is -0.589. The van der Waals surface area contributed by atoms with Crippen molar-refractivity contribution in [1.82, 2.24) is 0 Å². The molecular weight excluding hydrogens is 532 g/mol. The molecule has 0 amide bonds. The second-order valence-electron chi connectivity index (χ2n) is 10.7. The van der Waals surface area contributed by atoms with Crippen LogP contribution in [0.15, 0.2) is 24.3 Å². The summed E-state index contributed by atoms with van der Waals surface area (Å²) in [7, 11) is 2.98. The number of aryl methyl sites for hydroxylation is 3. The van der Waals surface area contributed by atoms with Crippen molar-refractivity contribution < 1.29 is 48.2 Å². The average molecular weight is 573 g/mol. The Morgan fingerprint density at radius 1 is 0.854 bits per heavy atom. The fourth-order valence-electron chi connectivity index (χ4n) is 5.28. The van der Waals surface area contributed by atoms with Crippen molar-refractivity contribution in [2.24, 2.45) is 0 Å². The van der Waals surface area contributed by atoms with E-state index in [1.165, 1.54) is 14.2 Å². The molecular formula is C31H40O10. The van der Waals surface area contributed by atoms with E-state index < -0.39 is 30.4 Å². The van der Waals surface area contributed by atoms with Crippen molar-refractivity contribution in [2.45, 2.75) is 83.2 Å². The zero-order valence-electron chi connectivity index (χ0n) is 24.3. The van der Waals surface area contributed by atoms with Crippen LogP contribution in [0.5, 0.6) is 23.0 Å². The summed E-state index contributed by atoms with van der Waals surface area (Å²) >= 11 is 0. The van der Waals surface area contributed by atoms with Crippen molar-refractivity contribution in [3.05, 3.63) is 46.5 Å². The SMILES string of the molecule is CC[C@@H](C)c1cc(CCC(=O)O[C@H]2CO[C@H]3[C@@H]2OC[C@H]3OC(=O)CCc2cc(C)c(O)c(OC)c2)cc(OC)c1O. The number of phenolic OH excluding ortho intramolecular Hbond substituents is 2. The lowest BCUT2D eigenvalue weighted by atomic mass is 9.94. The zero-order chi connectivity index (χ0) is 29.7. The molecule has 2 heterocycles. The monoisotopic (exact) mass is 572 g/mol. The molecule has 0 radical (unpaired) electrons. The molecule has 2 fully saturated rings. The van der Waals surface area contributed by atoms with Gasteiger partial charge in [0.1, 0.15) is 12.2 Å². The van der Waals surface area contributed by atoms with E-state index in [-0.39, 0.29) is 49.4 Å². The summed E-state index contributed by atoms with van der Waals surface area (Å²) < 4.78 is 33.5. The molecule has 2 aromatic carbocycles. The molecule has 2 aliphatic rings. The predicted octanol–water partition coefficient (Wildman–Crippen LogP) is 4.12. The molecule has 0 bridgehead atoms. The van der Waals surface area contributed by atoms with E-state index in [1.807, 2.05) is 26.0 Å². The highest BCUT2D eigenvalue weighted by Gasteiger charge is 2.51. The maximum atomic E-state index is 12.7. The Labute approximate surface area is 240 Å². The van der Waals surface area contributed by atoms with Gasteiger partial charge in [0.2, 0.25) is 0 Å². The Bertz CT molecular complexity index is 1240. The third-order valence-electron chi connectivity index (χ3n) is 7.84. The van der Waals surface area contributed by atoms with Crippen LogP contribution in [0.25, 0.3) is 0 Å². The number of carbonyl (C=O) groups is 2. The van der Waals surface area contributed by atoms with Crippen LogP contribution < -0.4 is 9.47 Å². The Balaban J connectivity index is 1.26. The molecule has 2 aromatic rings. The number of methoxy groups -OCH3 is 2. The third kappa shape index (κ3) is 7.05. The molecule has 0 aromatic heterocycles. The van der Waals surface area contributed by atoms with Gasteiger partial charge in [0.25, 0.3) is 0 Å². The van der Waals surface area contributed by atoms with Gasteiger partial charge in [0.15, 0.2) is 35.2 Å². The molecule has 41 heavy (non-hydrogen) atoms. The number of ether oxygens (including phenoxy) is 6. The second-order valence-corrected chi connectivity index (χ2v) is 10.7. The van der Waals surface area contributed by atoms with Crippen LogP contribution in [0.4, 0.5) is 0 Å². The van der Waals surface area contributed by atoms with Gasteiger partial charge in [-0.1, -0.05) is 26.0 Å². The van der Waals surface area contributed by atoms with Crippen LogP contribution in [-0.2, 0) is 41.4 Å². The van der Waals surface area contributed by atoms with E-state index >= 15 is 0 Å². The molecule has 10 heteroatoms. The van der Waals surface area contributed by atoms with Gasteiger partial charge < -0.3 is 38.6 Å². The zero-order valence-corrected chi connectivity index (χ0v) is 24.3. The first-order valence-electron chi connectivity index (χ1n) is 14.0. The molecule has 0 saturated carbocycles. The quantitative estimate of drug-likeness (QED) is 0.358. The van der Waals surface area contributed by atoms with Crippen molar-refractivity contribution in [3.63, 3.8) is 0 Å². The van der Waals surface area contributed by atoms with E-state index in [4.69, 9.17) is 28.4 Å². The van der Waals surface area contributed by atoms with Gasteiger partial charge in [-0.05, 0) is 60.9 Å². The molecule has 0 spiro atoms. The van der Waals surface area contributed by atoms with E-state index in [2.05, 4.69) is 0 Å². The van der Waals surface area contributed by atoms with E-state index in [0.29, 0.717) is 29.9 Å². The fraction of sp³-hybridized carbons (Fsp3) is 0.548. The predicted molar refractivity (Wildman–Crippen MR) is 149 cm³/mol. The number of rotatable bonds is 12. The fourth-order valence-corrected chi connectivity index (χ4v) is 5.28. The van der Waals surface area contributed by atoms with Crippen LogP contribution in [-0.4, -0.2) is 74.0 Å². The average Bonchev–Trinajstić information content (AvgIpc) is 3.55. The van der Waals surface area contributed by atoms with Gasteiger partial charge in [-0.25, -0.2) is 0 Å². The molecule has 0 unspecified atom stereocenters. The Hall–Kier alpha value is -3.50. The lowest BCUT2D eigenvalue weighted by Crippen LogP contribution is -2.36. The molecule has 4 rings (SSSR count). The number of phenols is 2. The summed E-state index contributed by atoms with van der Waals surface area (Å²) in [6, 6.07) is 7.15. The number of hydrogen-bond donors (Lipinski definition) is 2. The van der Waals surface area contributed by atoms with Crippen LogP contribution in [0.3, 0.4) is 0 Å². The van der Waals surface area contributed by atoms with Crippen molar-refractivity contribution in [2.75, 3.05) is 27.4 Å².